The molecule has 1 saturated heterocycles. The molecule has 4 rings (SSSR count). The molecule has 0 saturated carbocycles. The van der Waals surface area contributed by atoms with Crippen LogP contribution in [0.3, 0.4) is 0 Å². The van der Waals surface area contributed by atoms with Gasteiger partial charge in [-0.1, -0.05) is 12.1 Å². The molecule has 0 bridgehead atoms. The van der Waals surface area contributed by atoms with E-state index in [1.165, 1.54) is 0 Å². The van der Waals surface area contributed by atoms with Gasteiger partial charge in [0.15, 0.2) is 0 Å². The van der Waals surface area contributed by atoms with E-state index in [4.69, 9.17) is 19.1 Å². The molecule has 0 atom stereocenters. The van der Waals surface area contributed by atoms with Crippen molar-refractivity contribution in [2.75, 3.05) is 43.0 Å². The Morgan fingerprint density at radius 2 is 1.96 bits per heavy atom. The van der Waals surface area contributed by atoms with Gasteiger partial charge >= 0.3 is 6.09 Å². The smallest absolute Gasteiger partial charge is 0.409 e. The van der Waals surface area contributed by atoms with Crippen LogP contribution in [0.2, 0.25) is 0 Å². The van der Waals surface area contributed by atoms with Crippen molar-refractivity contribution in [3.05, 3.63) is 48.4 Å². The number of hydrogen-bond donors (Lipinski definition) is 1. The van der Waals surface area contributed by atoms with Crippen molar-refractivity contribution in [1.82, 2.24) is 14.9 Å². The number of fused-ring (bicyclic) bond motifs is 1. The topological polar surface area (TPSA) is 83.7 Å². The Hall–Kier alpha value is -3.29. The highest BCUT2D eigenvalue weighted by Crippen LogP contribution is 2.24. The lowest BCUT2D eigenvalue weighted by Crippen LogP contribution is -2.49. The molecule has 1 fully saturated rings. The molecule has 3 heterocycles. The van der Waals surface area contributed by atoms with Gasteiger partial charge in [0, 0.05) is 31.6 Å². The first-order chi connectivity index (χ1) is 13.7. The summed E-state index contributed by atoms with van der Waals surface area (Å²) in [4.78, 5) is 25.2. The fourth-order valence-electron chi connectivity index (χ4n) is 3.23. The van der Waals surface area contributed by atoms with Crippen LogP contribution in [-0.2, 0) is 11.3 Å². The lowest BCUT2D eigenvalue weighted by molar-refractivity contribution is 0.105. The Labute approximate surface area is 163 Å². The van der Waals surface area contributed by atoms with E-state index < -0.39 is 0 Å². The van der Waals surface area contributed by atoms with Crippen LogP contribution in [0.1, 0.15) is 12.7 Å². The molecule has 0 spiro atoms. The lowest BCUT2D eigenvalue weighted by atomic mass is 10.2. The summed E-state index contributed by atoms with van der Waals surface area (Å²) in [6.07, 6.45) is 1.39. The number of piperazine rings is 1. The minimum absolute atomic E-state index is 0.262. The summed E-state index contributed by atoms with van der Waals surface area (Å²) >= 11 is 0. The zero-order chi connectivity index (χ0) is 19.3. The predicted molar refractivity (Wildman–Crippen MR) is 106 cm³/mol. The molecule has 1 aliphatic heterocycles. The second-order valence-corrected chi connectivity index (χ2v) is 6.50. The lowest BCUT2D eigenvalue weighted by Gasteiger charge is -2.34. The normalized spacial score (nSPS) is 14.3. The van der Waals surface area contributed by atoms with Crippen molar-refractivity contribution in [1.29, 1.82) is 0 Å². The number of hydrogen-bond acceptors (Lipinski definition) is 7. The third-order valence-electron chi connectivity index (χ3n) is 4.69. The number of furan rings is 1. The van der Waals surface area contributed by atoms with E-state index in [1.54, 1.807) is 11.2 Å². The first kappa shape index (κ1) is 18.1. The summed E-state index contributed by atoms with van der Waals surface area (Å²) in [5.74, 6) is 2.27. The van der Waals surface area contributed by atoms with E-state index in [1.807, 2.05) is 43.3 Å². The molecule has 8 nitrogen and oxygen atoms in total. The highest BCUT2D eigenvalue weighted by molar-refractivity contribution is 5.90. The van der Waals surface area contributed by atoms with Crippen LogP contribution in [-0.4, -0.2) is 53.7 Å². The highest BCUT2D eigenvalue weighted by atomic mass is 16.6. The van der Waals surface area contributed by atoms with Crippen LogP contribution >= 0.6 is 0 Å². The number of carbonyl (C=O) groups is 1. The molecule has 1 aliphatic rings. The standard InChI is InChI=1S/C20H23N5O3/c1-2-27-20(26)25-11-9-24(10-12-25)19-22-17-8-4-3-7-16(17)18(23-19)21-14-15-6-5-13-28-15/h3-8,13H,2,9-12,14H2,1H3,(H,21,22,23). The van der Waals surface area contributed by atoms with Gasteiger partial charge in [-0.05, 0) is 31.2 Å². The number of nitrogens with zero attached hydrogens (tertiary/aromatic N) is 4. The van der Waals surface area contributed by atoms with Gasteiger partial charge in [-0.3, -0.25) is 0 Å². The molecule has 0 aliphatic carbocycles. The molecular weight excluding hydrogens is 358 g/mol. The third kappa shape index (κ3) is 3.85. The van der Waals surface area contributed by atoms with Crippen LogP contribution in [0.15, 0.2) is 47.1 Å². The first-order valence-electron chi connectivity index (χ1n) is 9.44. The van der Waals surface area contributed by atoms with Crippen LogP contribution in [0.25, 0.3) is 10.9 Å². The summed E-state index contributed by atoms with van der Waals surface area (Å²) in [5.41, 5.74) is 0.877. The Bertz CT molecular complexity index is 936. The number of benzene rings is 1. The molecule has 1 N–H and O–H groups in total. The number of anilines is 2. The van der Waals surface area contributed by atoms with Crippen molar-refractivity contribution in [2.24, 2.45) is 0 Å². The molecule has 1 amide bonds. The Kier molecular flexibility index (Phi) is 5.27. The Morgan fingerprint density at radius 1 is 1.14 bits per heavy atom. The second-order valence-electron chi connectivity index (χ2n) is 6.50. The number of nitrogens with one attached hydrogen (secondary N) is 1. The average Bonchev–Trinajstić information content (AvgIpc) is 3.26. The summed E-state index contributed by atoms with van der Waals surface area (Å²) in [5, 5.41) is 4.32. The summed E-state index contributed by atoms with van der Waals surface area (Å²) in [7, 11) is 0. The number of amides is 1. The van der Waals surface area contributed by atoms with Gasteiger partial charge in [0.2, 0.25) is 5.95 Å². The predicted octanol–water partition coefficient (Wildman–Crippen LogP) is 3.11. The Balaban J connectivity index is 1.53. The molecule has 0 radical (unpaired) electrons. The first-order valence-corrected chi connectivity index (χ1v) is 9.44. The van der Waals surface area contributed by atoms with Crippen molar-refractivity contribution in [3.63, 3.8) is 0 Å². The molecule has 2 aromatic heterocycles. The summed E-state index contributed by atoms with van der Waals surface area (Å²) in [6.45, 7) is 5.24. The van der Waals surface area contributed by atoms with Gasteiger partial charge in [-0.25, -0.2) is 9.78 Å². The van der Waals surface area contributed by atoms with Crippen molar-refractivity contribution in [3.8, 4) is 0 Å². The van der Waals surface area contributed by atoms with Crippen molar-refractivity contribution >= 4 is 28.8 Å². The van der Waals surface area contributed by atoms with E-state index in [0.717, 1.165) is 22.5 Å². The maximum Gasteiger partial charge on any atom is 0.409 e. The molecular formula is C20H23N5O3. The highest BCUT2D eigenvalue weighted by Gasteiger charge is 2.24. The van der Waals surface area contributed by atoms with Crippen LogP contribution in [0.4, 0.5) is 16.6 Å². The van der Waals surface area contributed by atoms with Crippen LogP contribution in [0, 0.1) is 0 Å². The number of carbonyl (C=O) groups excluding carboxylic acids is 1. The van der Waals surface area contributed by atoms with Gasteiger partial charge in [-0.15, -0.1) is 0 Å². The van der Waals surface area contributed by atoms with E-state index in [-0.39, 0.29) is 6.09 Å². The number of para-hydroxylation sites is 1. The maximum atomic E-state index is 11.9. The van der Waals surface area contributed by atoms with E-state index in [9.17, 15) is 4.79 Å². The fourth-order valence-corrected chi connectivity index (χ4v) is 3.23. The summed E-state index contributed by atoms with van der Waals surface area (Å²) < 4.78 is 10.5. The van der Waals surface area contributed by atoms with Crippen molar-refractivity contribution < 1.29 is 13.9 Å². The van der Waals surface area contributed by atoms with Gasteiger partial charge < -0.3 is 24.3 Å². The van der Waals surface area contributed by atoms with Crippen LogP contribution in [0.5, 0.6) is 0 Å². The minimum atomic E-state index is -0.262. The largest absolute Gasteiger partial charge is 0.467 e. The molecule has 8 heteroatoms. The van der Waals surface area contributed by atoms with E-state index in [2.05, 4.69) is 10.2 Å². The molecule has 3 aromatic rings. The zero-order valence-electron chi connectivity index (χ0n) is 15.8. The van der Waals surface area contributed by atoms with E-state index >= 15 is 0 Å². The molecule has 0 unspecified atom stereocenters. The van der Waals surface area contributed by atoms with Gasteiger partial charge in [0.05, 0.1) is 24.9 Å². The van der Waals surface area contributed by atoms with Gasteiger partial charge in [0.25, 0.3) is 0 Å². The zero-order valence-corrected chi connectivity index (χ0v) is 15.8. The average molecular weight is 381 g/mol. The number of aromatic nitrogens is 2. The van der Waals surface area contributed by atoms with Crippen LogP contribution < -0.4 is 10.2 Å². The number of ether oxygens (including phenoxy) is 1. The monoisotopic (exact) mass is 381 g/mol. The molecule has 146 valence electrons. The minimum Gasteiger partial charge on any atom is -0.467 e. The quantitative estimate of drug-likeness (QED) is 0.727. The SMILES string of the molecule is CCOC(=O)N1CCN(c2nc(NCc3ccco3)c3ccccc3n2)CC1. The number of rotatable bonds is 5. The van der Waals surface area contributed by atoms with E-state index in [0.29, 0.717) is 45.3 Å². The summed E-state index contributed by atoms with van der Waals surface area (Å²) in [6, 6.07) is 11.7. The molecule has 28 heavy (non-hydrogen) atoms. The maximum absolute atomic E-state index is 11.9. The second kappa shape index (κ2) is 8.16. The third-order valence-corrected chi connectivity index (χ3v) is 4.69. The van der Waals surface area contributed by atoms with Gasteiger partial charge in [-0.2, -0.15) is 4.98 Å². The Morgan fingerprint density at radius 3 is 2.71 bits per heavy atom. The van der Waals surface area contributed by atoms with Gasteiger partial charge in [0.1, 0.15) is 11.6 Å². The van der Waals surface area contributed by atoms with Crippen molar-refractivity contribution in [2.45, 2.75) is 13.5 Å². The fraction of sp³-hybridized carbons (Fsp3) is 0.350. The molecule has 1 aromatic carbocycles.